The van der Waals surface area contributed by atoms with Crippen molar-refractivity contribution in [2.45, 2.75) is 19.9 Å². The van der Waals surface area contributed by atoms with Crippen LogP contribution in [0.15, 0.2) is 46.9 Å². The number of halogens is 2. The summed E-state index contributed by atoms with van der Waals surface area (Å²) in [6, 6.07) is 14.4. The minimum absolute atomic E-state index is 0.236. The van der Waals surface area contributed by atoms with Crippen molar-refractivity contribution in [3.8, 4) is 0 Å². The zero-order valence-corrected chi connectivity index (χ0v) is 12.7. The highest BCUT2D eigenvalue weighted by atomic mass is 79.9. The van der Waals surface area contributed by atoms with Crippen LogP contribution in [-0.2, 0) is 0 Å². The largest absolute Gasteiger partial charge is 0.378 e. The monoisotopic (exact) mass is 323 g/mol. The summed E-state index contributed by atoms with van der Waals surface area (Å²) >= 11 is 9.52. The first-order valence-corrected chi connectivity index (χ1v) is 7.01. The van der Waals surface area contributed by atoms with Gasteiger partial charge >= 0.3 is 0 Å². The minimum Gasteiger partial charge on any atom is -0.378 e. The Hall–Kier alpha value is -0.990. The third-order valence-corrected chi connectivity index (χ3v) is 3.65. The SMILES string of the molecule is Cc1ccc(Cl)cc1NC(C)c1cccc(Br)c1. The van der Waals surface area contributed by atoms with Crippen LogP contribution in [0.1, 0.15) is 24.1 Å². The van der Waals surface area contributed by atoms with Gasteiger partial charge < -0.3 is 5.32 Å². The Bertz CT molecular complexity index is 554. The molecule has 0 bridgehead atoms. The Balaban J connectivity index is 2.21. The highest BCUT2D eigenvalue weighted by molar-refractivity contribution is 9.10. The van der Waals surface area contributed by atoms with Gasteiger partial charge in [-0.15, -0.1) is 0 Å². The molecule has 0 aromatic heterocycles. The molecule has 1 nitrogen and oxygen atoms in total. The van der Waals surface area contributed by atoms with Crippen molar-refractivity contribution in [1.82, 2.24) is 0 Å². The van der Waals surface area contributed by atoms with Crippen molar-refractivity contribution < 1.29 is 0 Å². The topological polar surface area (TPSA) is 12.0 Å². The molecule has 0 aliphatic heterocycles. The first-order valence-electron chi connectivity index (χ1n) is 5.84. The number of benzene rings is 2. The summed E-state index contributed by atoms with van der Waals surface area (Å²) in [6.45, 7) is 4.22. The van der Waals surface area contributed by atoms with E-state index in [1.54, 1.807) is 0 Å². The molecule has 0 aliphatic rings. The number of aryl methyl sites for hydroxylation is 1. The predicted octanol–water partition coefficient (Wildman–Crippen LogP) is 5.58. The zero-order valence-electron chi connectivity index (χ0n) is 10.4. The third-order valence-electron chi connectivity index (χ3n) is 2.92. The summed E-state index contributed by atoms with van der Waals surface area (Å²) in [5.41, 5.74) is 3.51. The van der Waals surface area contributed by atoms with Gasteiger partial charge in [-0.05, 0) is 49.2 Å². The second-order valence-electron chi connectivity index (χ2n) is 4.38. The third kappa shape index (κ3) is 3.27. The van der Waals surface area contributed by atoms with Gasteiger partial charge in [0.25, 0.3) is 0 Å². The molecule has 0 saturated heterocycles. The van der Waals surface area contributed by atoms with E-state index in [4.69, 9.17) is 11.6 Å². The van der Waals surface area contributed by atoms with E-state index in [1.807, 2.05) is 30.3 Å². The van der Waals surface area contributed by atoms with Crippen LogP contribution >= 0.6 is 27.5 Å². The molecule has 3 heteroatoms. The van der Waals surface area contributed by atoms with Gasteiger partial charge in [-0.25, -0.2) is 0 Å². The fourth-order valence-electron chi connectivity index (χ4n) is 1.84. The highest BCUT2D eigenvalue weighted by Crippen LogP contribution is 2.26. The van der Waals surface area contributed by atoms with Gasteiger partial charge in [0.1, 0.15) is 0 Å². The summed E-state index contributed by atoms with van der Waals surface area (Å²) in [6.07, 6.45) is 0. The fourth-order valence-corrected chi connectivity index (χ4v) is 2.43. The lowest BCUT2D eigenvalue weighted by Gasteiger charge is -2.18. The van der Waals surface area contributed by atoms with Gasteiger partial charge in [0.15, 0.2) is 0 Å². The fraction of sp³-hybridized carbons (Fsp3) is 0.200. The molecule has 1 N–H and O–H groups in total. The van der Waals surface area contributed by atoms with Crippen molar-refractivity contribution in [2.75, 3.05) is 5.32 Å². The second-order valence-corrected chi connectivity index (χ2v) is 5.73. The van der Waals surface area contributed by atoms with Crippen LogP contribution in [0.2, 0.25) is 5.02 Å². The van der Waals surface area contributed by atoms with Gasteiger partial charge in [0, 0.05) is 21.2 Å². The Morgan fingerprint density at radius 2 is 1.94 bits per heavy atom. The van der Waals surface area contributed by atoms with Crippen molar-refractivity contribution >= 4 is 33.2 Å². The van der Waals surface area contributed by atoms with Gasteiger partial charge in [-0.3, -0.25) is 0 Å². The molecule has 1 unspecified atom stereocenters. The standard InChI is InChI=1S/C15H15BrClN/c1-10-6-7-14(17)9-15(10)18-11(2)12-4-3-5-13(16)8-12/h3-9,11,18H,1-2H3. The molecule has 2 aromatic carbocycles. The molecular weight excluding hydrogens is 310 g/mol. The quantitative estimate of drug-likeness (QED) is 0.776. The number of hydrogen-bond donors (Lipinski definition) is 1. The molecule has 0 heterocycles. The first kappa shape index (κ1) is 13.4. The Kier molecular flexibility index (Phi) is 4.31. The van der Waals surface area contributed by atoms with Crippen LogP contribution in [0.4, 0.5) is 5.69 Å². The normalized spacial score (nSPS) is 12.2. The van der Waals surface area contributed by atoms with E-state index in [2.05, 4.69) is 47.2 Å². The number of nitrogens with one attached hydrogen (secondary N) is 1. The average Bonchev–Trinajstić information content (AvgIpc) is 2.34. The molecule has 0 spiro atoms. The van der Waals surface area contributed by atoms with E-state index in [-0.39, 0.29) is 6.04 Å². The van der Waals surface area contributed by atoms with Crippen molar-refractivity contribution in [1.29, 1.82) is 0 Å². The first-order chi connectivity index (χ1) is 8.56. The lowest BCUT2D eigenvalue weighted by atomic mass is 10.1. The maximum atomic E-state index is 6.02. The zero-order chi connectivity index (χ0) is 13.1. The summed E-state index contributed by atoms with van der Waals surface area (Å²) in [5.74, 6) is 0. The van der Waals surface area contributed by atoms with Gasteiger partial charge in [0.2, 0.25) is 0 Å². The average molecular weight is 325 g/mol. The Labute approximate surface area is 121 Å². The summed E-state index contributed by atoms with van der Waals surface area (Å²) in [7, 11) is 0. The molecule has 0 radical (unpaired) electrons. The van der Waals surface area contributed by atoms with Crippen molar-refractivity contribution in [3.05, 3.63) is 63.1 Å². The molecule has 94 valence electrons. The van der Waals surface area contributed by atoms with Crippen LogP contribution in [0.5, 0.6) is 0 Å². The summed E-state index contributed by atoms with van der Waals surface area (Å²) in [5, 5.41) is 4.24. The molecule has 0 saturated carbocycles. The Morgan fingerprint density at radius 3 is 2.67 bits per heavy atom. The minimum atomic E-state index is 0.236. The molecule has 1 atom stereocenters. The molecule has 0 aliphatic carbocycles. The van der Waals surface area contributed by atoms with E-state index < -0.39 is 0 Å². The van der Waals surface area contributed by atoms with Crippen LogP contribution < -0.4 is 5.32 Å². The molecule has 18 heavy (non-hydrogen) atoms. The number of rotatable bonds is 3. The molecule has 0 fully saturated rings. The second kappa shape index (κ2) is 5.77. The van der Waals surface area contributed by atoms with Crippen molar-refractivity contribution in [2.24, 2.45) is 0 Å². The van der Waals surface area contributed by atoms with E-state index in [0.29, 0.717) is 0 Å². The maximum Gasteiger partial charge on any atom is 0.0486 e. The lowest BCUT2D eigenvalue weighted by molar-refractivity contribution is 0.881. The van der Waals surface area contributed by atoms with Gasteiger partial charge in [-0.1, -0.05) is 45.7 Å². The molecule has 0 amide bonds. The van der Waals surface area contributed by atoms with E-state index >= 15 is 0 Å². The maximum absolute atomic E-state index is 6.02. The molecular formula is C15H15BrClN. The summed E-state index contributed by atoms with van der Waals surface area (Å²) in [4.78, 5) is 0. The predicted molar refractivity (Wildman–Crippen MR) is 82.4 cm³/mol. The van der Waals surface area contributed by atoms with Crippen molar-refractivity contribution in [3.63, 3.8) is 0 Å². The van der Waals surface area contributed by atoms with E-state index in [1.165, 1.54) is 11.1 Å². The number of hydrogen-bond acceptors (Lipinski definition) is 1. The molecule has 2 aromatic rings. The van der Waals surface area contributed by atoms with Crippen LogP contribution in [0.3, 0.4) is 0 Å². The van der Waals surface area contributed by atoms with Crippen LogP contribution in [0, 0.1) is 6.92 Å². The number of anilines is 1. The van der Waals surface area contributed by atoms with E-state index in [9.17, 15) is 0 Å². The van der Waals surface area contributed by atoms with E-state index in [0.717, 1.165) is 15.2 Å². The summed E-state index contributed by atoms with van der Waals surface area (Å²) < 4.78 is 1.09. The highest BCUT2D eigenvalue weighted by Gasteiger charge is 2.07. The lowest BCUT2D eigenvalue weighted by Crippen LogP contribution is -2.07. The molecule has 2 rings (SSSR count). The smallest absolute Gasteiger partial charge is 0.0486 e. The van der Waals surface area contributed by atoms with Gasteiger partial charge in [-0.2, -0.15) is 0 Å². The van der Waals surface area contributed by atoms with Gasteiger partial charge in [0.05, 0.1) is 0 Å². The van der Waals surface area contributed by atoms with Crippen LogP contribution in [0.25, 0.3) is 0 Å². The van der Waals surface area contributed by atoms with Crippen LogP contribution in [-0.4, -0.2) is 0 Å². The Morgan fingerprint density at radius 1 is 1.17 bits per heavy atom.